The molecule has 1 heterocycles. The lowest BCUT2D eigenvalue weighted by Gasteiger charge is -2.07. The lowest BCUT2D eigenvalue weighted by Crippen LogP contribution is -2.36. The Hall–Kier alpha value is -2.05. The number of rotatable bonds is 9. The van der Waals surface area contributed by atoms with Gasteiger partial charge in [0.25, 0.3) is 0 Å². The molecule has 0 saturated carbocycles. The Morgan fingerprint density at radius 3 is 2.55 bits per heavy atom. The summed E-state index contributed by atoms with van der Waals surface area (Å²) >= 11 is 0. The van der Waals surface area contributed by atoms with Crippen molar-refractivity contribution in [3.05, 3.63) is 17.5 Å². The van der Waals surface area contributed by atoms with Crippen molar-refractivity contribution < 1.29 is 14.7 Å². The van der Waals surface area contributed by atoms with Crippen LogP contribution in [-0.4, -0.2) is 40.4 Å². The van der Waals surface area contributed by atoms with Crippen LogP contribution in [0.3, 0.4) is 0 Å². The molecule has 1 aromatic heterocycles. The number of H-pyrrole nitrogens is 1. The van der Waals surface area contributed by atoms with Gasteiger partial charge in [-0.1, -0.05) is 0 Å². The first kappa shape index (κ1) is 16.0. The highest BCUT2D eigenvalue weighted by atomic mass is 16.4. The normalized spacial score (nSPS) is 10.2. The number of carboxylic acid groups (broad SMARTS) is 1. The highest BCUT2D eigenvalue weighted by Crippen LogP contribution is 2.04. The Kier molecular flexibility index (Phi) is 7.16. The number of amides is 2. The molecule has 1 aromatic rings. The third kappa shape index (κ3) is 6.77. The minimum atomic E-state index is -0.802. The van der Waals surface area contributed by atoms with Gasteiger partial charge in [-0.3, -0.25) is 9.89 Å². The van der Waals surface area contributed by atoms with Crippen LogP contribution in [0.15, 0.2) is 6.20 Å². The number of aromatic nitrogens is 2. The fourth-order valence-corrected chi connectivity index (χ4v) is 1.77. The molecule has 0 fully saturated rings. The van der Waals surface area contributed by atoms with Gasteiger partial charge in [-0.25, -0.2) is 4.79 Å². The number of nitrogens with one attached hydrogen (secondary N) is 3. The number of hydrogen-bond donors (Lipinski definition) is 4. The molecule has 2 amide bonds. The summed E-state index contributed by atoms with van der Waals surface area (Å²) in [5, 5.41) is 20.7. The second-order valence-electron chi connectivity index (χ2n) is 4.66. The first-order chi connectivity index (χ1) is 9.59. The van der Waals surface area contributed by atoms with E-state index in [1.807, 2.05) is 6.92 Å². The Bertz CT molecular complexity index is 431. The topological polar surface area (TPSA) is 107 Å². The Morgan fingerprint density at radius 2 is 1.95 bits per heavy atom. The molecule has 0 aliphatic heterocycles. The number of carbonyl (C=O) groups excluding carboxylic acids is 1. The standard InChI is InChI=1S/C13H22N4O3/c1-10-11(9-16-17-10)5-4-8-15-13(20)14-7-3-2-6-12(18)19/h9H,2-8H2,1H3,(H,16,17)(H,18,19)(H2,14,15,20). The maximum Gasteiger partial charge on any atom is 0.314 e. The van der Waals surface area contributed by atoms with Gasteiger partial charge in [0.05, 0.1) is 6.20 Å². The smallest absolute Gasteiger partial charge is 0.314 e. The number of nitrogens with zero attached hydrogens (tertiary/aromatic N) is 1. The third-order valence-corrected chi connectivity index (χ3v) is 2.95. The summed E-state index contributed by atoms with van der Waals surface area (Å²) in [5.74, 6) is -0.802. The zero-order valence-electron chi connectivity index (χ0n) is 11.7. The summed E-state index contributed by atoms with van der Waals surface area (Å²) in [5.41, 5.74) is 2.23. The van der Waals surface area contributed by atoms with Gasteiger partial charge in [0, 0.05) is 25.2 Å². The maximum atomic E-state index is 11.4. The third-order valence-electron chi connectivity index (χ3n) is 2.95. The van der Waals surface area contributed by atoms with Crippen molar-refractivity contribution in [2.45, 2.75) is 39.0 Å². The number of unbranched alkanes of at least 4 members (excludes halogenated alkanes) is 1. The molecule has 20 heavy (non-hydrogen) atoms. The van der Waals surface area contributed by atoms with Crippen LogP contribution in [0.1, 0.15) is 36.9 Å². The molecular weight excluding hydrogens is 260 g/mol. The zero-order valence-corrected chi connectivity index (χ0v) is 11.7. The van der Waals surface area contributed by atoms with E-state index in [1.165, 1.54) is 5.56 Å². The number of hydrogen-bond acceptors (Lipinski definition) is 3. The summed E-state index contributed by atoms with van der Waals surface area (Å²) < 4.78 is 0. The first-order valence-electron chi connectivity index (χ1n) is 6.82. The van der Waals surface area contributed by atoms with Gasteiger partial charge in [-0.2, -0.15) is 5.10 Å². The molecule has 0 saturated heterocycles. The molecule has 1 rings (SSSR count). The maximum absolute atomic E-state index is 11.4. The van der Waals surface area contributed by atoms with Crippen LogP contribution in [0.4, 0.5) is 4.79 Å². The molecule has 0 radical (unpaired) electrons. The van der Waals surface area contributed by atoms with Crippen molar-refractivity contribution in [2.75, 3.05) is 13.1 Å². The molecule has 4 N–H and O–H groups in total. The number of aryl methyl sites for hydroxylation is 2. The van der Waals surface area contributed by atoms with Crippen LogP contribution in [0.5, 0.6) is 0 Å². The minimum Gasteiger partial charge on any atom is -0.481 e. The highest BCUT2D eigenvalue weighted by Gasteiger charge is 2.02. The van der Waals surface area contributed by atoms with Gasteiger partial charge in [-0.15, -0.1) is 0 Å². The summed E-state index contributed by atoms with van der Waals surface area (Å²) in [6.45, 7) is 3.07. The van der Waals surface area contributed by atoms with E-state index in [0.717, 1.165) is 18.5 Å². The van der Waals surface area contributed by atoms with Crippen molar-refractivity contribution in [2.24, 2.45) is 0 Å². The van der Waals surface area contributed by atoms with Crippen molar-refractivity contribution in [1.29, 1.82) is 0 Å². The van der Waals surface area contributed by atoms with E-state index in [1.54, 1.807) is 6.20 Å². The first-order valence-corrected chi connectivity index (χ1v) is 6.82. The van der Waals surface area contributed by atoms with E-state index in [0.29, 0.717) is 25.9 Å². The van der Waals surface area contributed by atoms with E-state index in [-0.39, 0.29) is 12.5 Å². The summed E-state index contributed by atoms with van der Waals surface area (Å²) in [4.78, 5) is 21.7. The lowest BCUT2D eigenvalue weighted by atomic mass is 10.1. The SMILES string of the molecule is Cc1[nH]ncc1CCCNC(=O)NCCCCC(=O)O. The van der Waals surface area contributed by atoms with Crippen LogP contribution in [0.25, 0.3) is 0 Å². The predicted octanol–water partition coefficient (Wildman–Crippen LogP) is 1.20. The van der Waals surface area contributed by atoms with Gasteiger partial charge in [0.1, 0.15) is 0 Å². The van der Waals surface area contributed by atoms with Gasteiger partial charge >= 0.3 is 12.0 Å². The van der Waals surface area contributed by atoms with E-state index in [4.69, 9.17) is 5.11 Å². The molecule has 7 heteroatoms. The van der Waals surface area contributed by atoms with Crippen molar-refractivity contribution in [3.8, 4) is 0 Å². The predicted molar refractivity (Wildman–Crippen MR) is 74.5 cm³/mol. The minimum absolute atomic E-state index is 0.146. The average Bonchev–Trinajstić information content (AvgIpc) is 2.79. The number of aliphatic carboxylic acids is 1. The molecule has 0 bridgehead atoms. The second-order valence-corrected chi connectivity index (χ2v) is 4.66. The van der Waals surface area contributed by atoms with E-state index >= 15 is 0 Å². The van der Waals surface area contributed by atoms with Crippen LogP contribution in [0.2, 0.25) is 0 Å². The molecule has 0 aliphatic carbocycles. The number of aromatic amines is 1. The Morgan fingerprint density at radius 1 is 1.25 bits per heavy atom. The summed E-state index contributed by atoms with van der Waals surface area (Å²) in [6, 6.07) is -0.204. The monoisotopic (exact) mass is 282 g/mol. The van der Waals surface area contributed by atoms with Crippen LogP contribution >= 0.6 is 0 Å². The number of carboxylic acids is 1. The fourth-order valence-electron chi connectivity index (χ4n) is 1.77. The highest BCUT2D eigenvalue weighted by molar-refractivity contribution is 5.73. The summed E-state index contributed by atoms with van der Waals surface area (Å²) in [6.07, 6.45) is 4.93. The molecule has 0 unspecified atom stereocenters. The second kappa shape index (κ2) is 8.95. The molecular formula is C13H22N4O3. The summed E-state index contributed by atoms with van der Waals surface area (Å²) in [7, 11) is 0. The van der Waals surface area contributed by atoms with Gasteiger partial charge < -0.3 is 15.7 Å². The van der Waals surface area contributed by atoms with E-state index in [9.17, 15) is 9.59 Å². The lowest BCUT2D eigenvalue weighted by molar-refractivity contribution is -0.137. The van der Waals surface area contributed by atoms with Crippen LogP contribution in [-0.2, 0) is 11.2 Å². The molecule has 0 spiro atoms. The molecule has 0 atom stereocenters. The Labute approximate surface area is 118 Å². The van der Waals surface area contributed by atoms with Crippen LogP contribution in [0, 0.1) is 6.92 Å². The van der Waals surface area contributed by atoms with Crippen LogP contribution < -0.4 is 10.6 Å². The van der Waals surface area contributed by atoms with Crippen molar-refractivity contribution in [1.82, 2.24) is 20.8 Å². The van der Waals surface area contributed by atoms with Crippen molar-refractivity contribution in [3.63, 3.8) is 0 Å². The van der Waals surface area contributed by atoms with Crippen molar-refractivity contribution >= 4 is 12.0 Å². The number of urea groups is 1. The molecule has 0 aliphatic rings. The van der Waals surface area contributed by atoms with E-state index in [2.05, 4.69) is 20.8 Å². The zero-order chi connectivity index (χ0) is 14.8. The number of carbonyl (C=O) groups is 2. The quantitative estimate of drug-likeness (QED) is 0.510. The molecule has 0 aromatic carbocycles. The largest absolute Gasteiger partial charge is 0.481 e. The Balaban J connectivity index is 1.97. The van der Waals surface area contributed by atoms with Gasteiger partial charge in [0.15, 0.2) is 0 Å². The fraction of sp³-hybridized carbons (Fsp3) is 0.615. The van der Waals surface area contributed by atoms with E-state index < -0.39 is 5.97 Å². The molecule has 7 nitrogen and oxygen atoms in total. The average molecular weight is 282 g/mol. The molecule has 112 valence electrons. The van der Waals surface area contributed by atoms with Gasteiger partial charge in [0.2, 0.25) is 0 Å². The van der Waals surface area contributed by atoms with Gasteiger partial charge in [-0.05, 0) is 38.2 Å².